The van der Waals surface area contributed by atoms with Crippen LogP contribution in [0.1, 0.15) is 23.6 Å². The monoisotopic (exact) mass is 339 g/mol. The predicted molar refractivity (Wildman–Crippen MR) is 107 cm³/mol. The predicted octanol–water partition coefficient (Wildman–Crippen LogP) is 4.98. The van der Waals surface area contributed by atoms with Crippen LogP contribution in [-0.4, -0.2) is 0 Å². The summed E-state index contributed by atoms with van der Waals surface area (Å²) in [5.74, 6) is 0. The summed E-state index contributed by atoms with van der Waals surface area (Å²) in [6.45, 7) is 10.7. The number of nitrogen functional groups attached to an aromatic ring is 1. The van der Waals surface area contributed by atoms with Crippen LogP contribution in [0.25, 0.3) is 0 Å². The molecule has 118 valence electrons. The van der Waals surface area contributed by atoms with Crippen molar-refractivity contribution in [1.29, 1.82) is 0 Å². The average molecular weight is 339 g/mol. The molecule has 0 aromatic heterocycles. The molecule has 3 rings (SSSR count). The first-order valence-electron chi connectivity index (χ1n) is 7.73. The maximum atomic E-state index is 5.97. The quantitative estimate of drug-likeness (QED) is 0.614. The topological polar surface area (TPSA) is 26.0 Å². The number of anilines is 1. The van der Waals surface area contributed by atoms with Crippen LogP contribution in [0, 0.1) is 13.8 Å². The Bertz CT molecular complexity index is 784. The van der Waals surface area contributed by atoms with E-state index in [9.17, 15) is 0 Å². The highest BCUT2D eigenvalue weighted by Crippen LogP contribution is 2.56. The minimum Gasteiger partial charge on any atom is -0.399 e. The van der Waals surface area contributed by atoms with Gasteiger partial charge in [-0.15, -0.1) is 0 Å². The third kappa shape index (κ3) is 3.54. The van der Waals surface area contributed by atoms with E-state index in [2.05, 4.69) is 69.2 Å². The lowest BCUT2D eigenvalue weighted by Crippen LogP contribution is -1.96. The van der Waals surface area contributed by atoms with E-state index in [4.69, 9.17) is 5.73 Å². The van der Waals surface area contributed by atoms with E-state index >= 15 is 0 Å². The van der Waals surface area contributed by atoms with E-state index in [1.54, 1.807) is 11.8 Å². The van der Waals surface area contributed by atoms with Gasteiger partial charge >= 0.3 is 0 Å². The van der Waals surface area contributed by atoms with Crippen molar-refractivity contribution < 1.29 is 0 Å². The van der Waals surface area contributed by atoms with Crippen LogP contribution in [0.15, 0.2) is 58.6 Å². The molecule has 0 fully saturated rings. The fourth-order valence-electron chi connectivity index (χ4n) is 2.73. The number of benzene rings is 2. The minimum atomic E-state index is -0.215. The van der Waals surface area contributed by atoms with Crippen molar-refractivity contribution in [2.45, 2.75) is 27.2 Å². The second-order valence-corrected chi connectivity index (χ2v) is 9.55. The van der Waals surface area contributed by atoms with Gasteiger partial charge in [-0.05, 0) is 73.9 Å². The van der Waals surface area contributed by atoms with Crippen LogP contribution in [0.5, 0.6) is 0 Å². The molecule has 2 aromatic carbocycles. The zero-order chi connectivity index (χ0) is 16.6. The largest absolute Gasteiger partial charge is 0.399 e. The van der Waals surface area contributed by atoms with Gasteiger partial charge in [0.25, 0.3) is 0 Å². The minimum absolute atomic E-state index is 0.215. The summed E-state index contributed by atoms with van der Waals surface area (Å²) >= 11 is 1.79. The molecule has 0 atom stereocenters. The van der Waals surface area contributed by atoms with Gasteiger partial charge in [0.1, 0.15) is 0 Å². The summed E-state index contributed by atoms with van der Waals surface area (Å²) in [4.78, 5) is 0. The van der Waals surface area contributed by atoms with Crippen molar-refractivity contribution in [1.82, 2.24) is 0 Å². The molecular formula is C20H22NPS. The number of nitrogens with two attached hydrogens (primary N) is 1. The zero-order valence-electron chi connectivity index (χ0n) is 13.9. The summed E-state index contributed by atoms with van der Waals surface area (Å²) in [6.07, 6.45) is 0.970. The van der Waals surface area contributed by atoms with Crippen molar-refractivity contribution in [3.05, 3.63) is 75.3 Å². The van der Waals surface area contributed by atoms with Crippen LogP contribution in [0.2, 0.25) is 0 Å². The molecule has 0 amide bonds. The van der Waals surface area contributed by atoms with Gasteiger partial charge in [-0.2, -0.15) is 0 Å². The smallest absolute Gasteiger partial charge is 0.0346 e. The first-order chi connectivity index (χ1) is 11.0. The molecule has 0 aliphatic carbocycles. The average Bonchev–Trinajstić information content (AvgIpc) is 3.25. The molecule has 23 heavy (non-hydrogen) atoms. The van der Waals surface area contributed by atoms with E-state index < -0.39 is 0 Å². The molecule has 3 heteroatoms. The summed E-state index contributed by atoms with van der Waals surface area (Å²) in [5, 5.41) is 5.25. The van der Waals surface area contributed by atoms with E-state index in [0.29, 0.717) is 0 Å². The molecule has 0 unspecified atom stereocenters. The molecule has 0 saturated heterocycles. The van der Waals surface area contributed by atoms with Gasteiger partial charge in [0.15, 0.2) is 0 Å². The molecule has 1 heterocycles. The van der Waals surface area contributed by atoms with Crippen molar-refractivity contribution in [2.75, 3.05) is 5.73 Å². The number of hydrogen-bond donors (Lipinski definition) is 1. The summed E-state index contributed by atoms with van der Waals surface area (Å²) < 4.78 is 1.28. The van der Waals surface area contributed by atoms with Gasteiger partial charge in [-0.3, -0.25) is 0 Å². The van der Waals surface area contributed by atoms with E-state index in [0.717, 1.165) is 17.7 Å². The number of allylic oxidation sites excluding steroid dienone is 1. The third-order valence-electron chi connectivity index (χ3n) is 4.15. The van der Waals surface area contributed by atoms with E-state index in [-0.39, 0.29) is 7.92 Å². The molecule has 1 aliphatic rings. The SMILES string of the molecule is C=C(S/C=C(\C)Cc1cc(C)c(N)cc1C)P1c2ccccc21. The zero-order valence-corrected chi connectivity index (χ0v) is 15.6. The lowest BCUT2D eigenvalue weighted by atomic mass is 9.99. The summed E-state index contributed by atoms with van der Waals surface area (Å²) in [7, 11) is -0.215. The maximum Gasteiger partial charge on any atom is 0.0346 e. The number of hydrogen-bond acceptors (Lipinski definition) is 2. The Morgan fingerprint density at radius 1 is 1.17 bits per heavy atom. The highest BCUT2D eigenvalue weighted by Gasteiger charge is 2.33. The Morgan fingerprint density at radius 3 is 2.48 bits per heavy atom. The number of rotatable bonds is 5. The summed E-state index contributed by atoms with van der Waals surface area (Å²) in [5.41, 5.74) is 12.0. The Hall–Kier alpha value is -1.50. The second-order valence-electron chi connectivity index (χ2n) is 6.11. The Morgan fingerprint density at radius 2 is 1.83 bits per heavy atom. The Kier molecular flexibility index (Phi) is 4.66. The van der Waals surface area contributed by atoms with E-state index in [1.165, 1.54) is 32.0 Å². The summed E-state index contributed by atoms with van der Waals surface area (Å²) in [6, 6.07) is 13.0. The second kappa shape index (κ2) is 6.55. The van der Waals surface area contributed by atoms with Gasteiger partial charge in [0.05, 0.1) is 0 Å². The lowest BCUT2D eigenvalue weighted by Gasteiger charge is -2.10. The third-order valence-corrected chi connectivity index (χ3v) is 7.83. The Labute approximate surface area is 144 Å². The van der Waals surface area contributed by atoms with E-state index in [1.807, 2.05) is 0 Å². The van der Waals surface area contributed by atoms with Crippen LogP contribution >= 0.6 is 19.7 Å². The van der Waals surface area contributed by atoms with Crippen LogP contribution < -0.4 is 16.3 Å². The van der Waals surface area contributed by atoms with Crippen molar-refractivity contribution >= 4 is 36.0 Å². The lowest BCUT2D eigenvalue weighted by molar-refractivity contribution is 1.11. The first-order valence-corrected chi connectivity index (χ1v) is 9.95. The molecule has 0 saturated carbocycles. The molecule has 1 nitrogen and oxygen atoms in total. The van der Waals surface area contributed by atoms with Crippen LogP contribution in [0.4, 0.5) is 5.69 Å². The molecule has 0 radical (unpaired) electrons. The highest BCUT2D eigenvalue weighted by atomic mass is 32.2. The van der Waals surface area contributed by atoms with Gasteiger partial charge in [-0.25, -0.2) is 0 Å². The number of thioether (sulfide) groups is 1. The van der Waals surface area contributed by atoms with Gasteiger partial charge in [0, 0.05) is 10.3 Å². The first kappa shape index (κ1) is 16.4. The molecule has 2 aromatic rings. The fraction of sp³-hybridized carbons (Fsp3) is 0.200. The fourth-order valence-corrected chi connectivity index (χ4v) is 6.01. The maximum absolute atomic E-state index is 5.97. The number of aryl methyl sites for hydroxylation is 2. The molecule has 1 aliphatic heterocycles. The normalized spacial score (nSPS) is 13.8. The van der Waals surface area contributed by atoms with Crippen molar-refractivity contribution in [3.63, 3.8) is 0 Å². The molecule has 0 spiro atoms. The molecular weight excluding hydrogens is 317 g/mol. The van der Waals surface area contributed by atoms with Gasteiger partial charge < -0.3 is 5.73 Å². The Balaban J connectivity index is 1.63. The van der Waals surface area contributed by atoms with Crippen molar-refractivity contribution in [3.8, 4) is 0 Å². The van der Waals surface area contributed by atoms with Gasteiger partial charge in [0.2, 0.25) is 0 Å². The molecule has 2 N–H and O–H groups in total. The van der Waals surface area contributed by atoms with Gasteiger partial charge in [-0.1, -0.05) is 54.2 Å². The standard InChI is InChI=1S/C20H22NPS/c1-13(9-17-10-15(3)18(21)11-14(17)2)12-23-16(4)22-19-7-5-6-8-20(19)22/h5-8,10-12H,4,9,21H2,1-3H3/b13-12+. The van der Waals surface area contributed by atoms with Crippen LogP contribution in [-0.2, 0) is 6.42 Å². The number of fused-ring (bicyclic) bond motifs is 1. The van der Waals surface area contributed by atoms with Crippen LogP contribution in [0.3, 0.4) is 0 Å². The van der Waals surface area contributed by atoms with Crippen molar-refractivity contribution in [2.24, 2.45) is 0 Å². The highest BCUT2D eigenvalue weighted by molar-refractivity contribution is 8.16. The molecule has 0 bridgehead atoms.